The molecule has 1 atom stereocenters. The SMILES string of the molecule is CCOc1ccc(C(C)O)c(N)c1. The van der Waals surface area contributed by atoms with Crippen molar-refractivity contribution in [2.75, 3.05) is 12.3 Å². The fourth-order valence-corrected chi connectivity index (χ4v) is 1.19. The van der Waals surface area contributed by atoms with E-state index in [1.165, 1.54) is 0 Å². The first-order chi connectivity index (χ1) is 6.15. The van der Waals surface area contributed by atoms with E-state index < -0.39 is 6.10 Å². The lowest BCUT2D eigenvalue weighted by atomic mass is 10.1. The van der Waals surface area contributed by atoms with Gasteiger partial charge >= 0.3 is 0 Å². The quantitative estimate of drug-likeness (QED) is 0.698. The molecule has 1 rings (SSSR count). The molecule has 0 spiro atoms. The van der Waals surface area contributed by atoms with Gasteiger partial charge < -0.3 is 15.6 Å². The maximum Gasteiger partial charge on any atom is 0.121 e. The molecule has 1 aromatic carbocycles. The summed E-state index contributed by atoms with van der Waals surface area (Å²) in [6.07, 6.45) is -0.532. The topological polar surface area (TPSA) is 55.5 Å². The standard InChI is InChI=1S/C10H15NO2/c1-3-13-8-4-5-9(7(2)12)10(11)6-8/h4-7,12H,3,11H2,1-2H3. The van der Waals surface area contributed by atoms with Crippen LogP contribution in [0.1, 0.15) is 25.5 Å². The molecule has 0 heterocycles. The van der Waals surface area contributed by atoms with Crippen LogP contribution in [0.4, 0.5) is 5.69 Å². The van der Waals surface area contributed by atoms with Crippen LogP contribution in [-0.2, 0) is 0 Å². The predicted octanol–water partition coefficient (Wildman–Crippen LogP) is 1.72. The summed E-state index contributed by atoms with van der Waals surface area (Å²) in [6, 6.07) is 5.32. The number of hydrogen-bond acceptors (Lipinski definition) is 3. The largest absolute Gasteiger partial charge is 0.494 e. The molecule has 72 valence electrons. The van der Waals surface area contributed by atoms with Crippen LogP contribution >= 0.6 is 0 Å². The van der Waals surface area contributed by atoms with Crippen LogP contribution in [0.5, 0.6) is 5.75 Å². The maximum absolute atomic E-state index is 9.30. The molecule has 1 aromatic rings. The summed E-state index contributed by atoms with van der Waals surface area (Å²) in [5.74, 6) is 0.740. The zero-order chi connectivity index (χ0) is 9.84. The molecule has 0 radical (unpaired) electrons. The number of rotatable bonds is 3. The van der Waals surface area contributed by atoms with Gasteiger partial charge in [-0.3, -0.25) is 0 Å². The summed E-state index contributed by atoms with van der Waals surface area (Å²) in [5.41, 5.74) is 7.02. The Morgan fingerprint density at radius 3 is 2.69 bits per heavy atom. The zero-order valence-corrected chi connectivity index (χ0v) is 7.95. The van der Waals surface area contributed by atoms with E-state index in [0.29, 0.717) is 12.3 Å². The van der Waals surface area contributed by atoms with Crippen LogP contribution < -0.4 is 10.5 Å². The number of benzene rings is 1. The predicted molar refractivity (Wildman–Crippen MR) is 52.7 cm³/mol. The van der Waals surface area contributed by atoms with Crippen LogP contribution in [0, 0.1) is 0 Å². The normalized spacial score (nSPS) is 12.5. The highest BCUT2D eigenvalue weighted by Gasteiger charge is 2.05. The molecule has 0 saturated heterocycles. The summed E-state index contributed by atoms with van der Waals surface area (Å²) in [7, 11) is 0. The van der Waals surface area contributed by atoms with Crippen LogP contribution in [0.2, 0.25) is 0 Å². The van der Waals surface area contributed by atoms with Crippen molar-refractivity contribution in [2.45, 2.75) is 20.0 Å². The summed E-state index contributed by atoms with van der Waals surface area (Å²) < 4.78 is 5.26. The number of nitrogen functional groups attached to an aromatic ring is 1. The van der Waals surface area contributed by atoms with Gasteiger partial charge in [-0.1, -0.05) is 6.07 Å². The van der Waals surface area contributed by atoms with Crippen molar-refractivity contribution in [1.29, 1.82) is 0 Å². The van der Waals surface area contributed by atoms with E-state index in [2.05, 4.69) is 0 Å². The van der Waals surface area contributed by atoms with Crippen LogP contribution in [0.15, 0.2) is 18.2 Å². The average Bonchev–Trinajstić information content (AvgIpc) is 2.04. The molecule has 0 amide bonds. The zero-order valence-electron chi connectivity index (χ0n) is 7.95. The van der Waals surface area contributed by atoms with Gasteiger partial charge in [0.25, 0.3) is 0 Å². The third kappa shape index (κ3) is 2.36. The minimum absolute atomic E-state index is 0.532. The first kappa shape index (κ1) is 9.86. The summed E-state index contributed by atoms with van der Waals surface area (Å²) in [4.78, 5) is 0. The minimum atomic E-state index is -0.532. The molecule has 1 unspecified atom stereocenters. The average molecular weight is 181 g/mol. The van der Waals surface area contributed by atoms with Crippen molar-refractivity contribution in [3.05, 3.63) is 23.8 Å². The second-order valence-electron chi connectivity index (χ2n) is 2.90. The van der Waals surface area contributed by atoms with Gasteiger partial charge in [0.2, 0.25) is 0 Å². The summed E-state index contributed by atoms with van der Waals surface area (Å²) in [5, 5.41) is 9.30. The molecule has 0 aliphatic heterocycles. The van der Waals surface area contributed by atoms with Crippen molar-refractivity contribution >= 4 is 5.69 Å². The first-order valence-electron chi connectivity index (χ1n) is 4.35. The van der Waals surface area contributed by atoms with Crippen LogP contribution in [0.25, 0.3) is 0 Å². The molecule has 13 heavy (non-hydrogen) atoms. The lowest BCUT2D eigenvalue weighted by Gasteiger charge is -2.10. The van der Waals surface area contributed by atoms with Gasteiger partial charge in [0.05, 0.1) is 12.7 Å². The Kier molecular flexibility index (Phi) is 3.14. The Balaban J connectivity index is 2.92. The van der Waals surface area contributed by atoms with Crippen molar-refractivity contribution in [3.8, 4) is 5.75 Å². The molecule has 0 bridgehead atoms. The minimum Gasteiger partial charge on any atom is -0.494 e. The number of aliphatic hydroxyl groups is 1. The van der Waals surface area contributed by atoms with Gasteiger partial charge in [0.15, 0.2) is 0 Å². The second-order valence-corrected chi connectivity index (χ2v) is 2.90. The van der Waals surface area contributed by atoms with E-state index in [1.54, 1.807) is 19.1 Å². The molecule has 0 saturated carbocycles. The third-order valence-electron chi connectivity index (χ3n) is 1.82. The Hall–Kier alpha value is -1.22. The van der Waals surface area contributed by atoms with Gasteiger partial charge in [0.1, 0.15) is 5.75 Å². The maximum atomic E-state index is 9.30. The molecule has 0 aromatic heterocycles. The molecular formula is C10H15NO2. The lowest BCUT2D eigenvalue weighted by molar-refractivity contribution is 0.200. The van der Waals surface area contributed by atoms with E-state index in [9.17, 15) is 5.11 Å². The Bertz CT molecular complexity index is 284. The van der Waals surface area contributed by atoms with E-state index in [1.807, 2.05) is 13.0 Å². The number of ether oxygens (including phenoxy) is 1. The van der Waals surface area contributed by atoms with Gasteiger partial charge in [-0.15, -0.1) is 0 Å². The summed E-state index contributed by atoms with van der Waals surface area (Å²) >= 11 is 0. The fraction of sp³-hybridized carbons (Fsp3) is 0.400. The van der Waals surface area contributed by atoms with E-state index in [0.717, 1.165) is 11.3 Å². The van der Waals surface area contributed by atoms with Crippen molar-refractivity contribution in [1.82, 2.24) is 0 Å². The molecule has 3 N–H and O–H groups in total. The molecule has 3 nitrogen and oxygen atoms in total. The Morgan fingerprint density at radius 2 is 2.23 bits per heavy atom. The van der Waals surface area contributed by atoms with E-state index in [-0.39, 0.29) is 0 Å². The molecule has 0 aliphatic rings. The van der Waals surface area contributed by atoms with Gasteiger partial charge in [-0.2, -0.15) is 0 Å². The first-order valence-corrected chi connectivity index (χ1v) is 4.35. The van der Waals surface area contributed by atoms with Crippen molar-refractivity contribution in [2.24, 2.45) is 0 Å². The Labute approximate surface area is 78.1 Å². The highest BCUT2D eigenvalue weighted by molar-refractivity contribution is 5.52. The number of aliphatic hydroxyl groups excluding tert-OH is 1. The molecular weight excluding hydrogens is 166 g/mol. The smallest absolute Gasteiger partial charge is 0.121 e. The van der Waals surface area contributed by atoms with Gasteiger partial charge in [-0.25, -0.2) is 0 Å². The molecule has 3 heteroatoms. The van der Waals surface area contributed by atoms with Gasteiger partial charge in [-0.05, 0) is 19.9 Å². The van der Waals surface area contributed by atoms with Gasteiger partial charge in [0, 0.05) is 17.3 Å². The van der Waals surface area contributed by atoms with E-state index >= 15 is 0 Å². The molecule has 0 fully saturated rings. The second kappa shape index (κ2) is 4.14. The molecule has 0 aliphatic carbocycles. The van der Waals surface area contributed by atoms with Crippen LogP contribution in [-0.4, -0.2) is 11.7 Å². The number of hydrogen-bond donors (Lipinski definition) is 2. The fourth-order valence-electron chi connectivity index (χ4n) is 1.19. The summed E-state index contributed by atoms with van der Waals surface area (Å²) in [6.45, 7) is 4.22. The van der Waals surface area contributed by atoms with Crippen LogP contribution in [0.3, 0.4) is 0 Å². The lowest BCUT2D eigenvalue weighted by Crippen LogP contribution is -1.99. The highest BCUT2D eigenvalue weighted by atomic mass is 16.5. The third-order valence-corrected chi connectivity index (χ3v) is 1.82. The Morgan fingerprint density at radius 1 is 1.54 bits per heavy atom. The number of nitrogens with two attached hydrogens (primary N) is 1. The monoisotopic (exact) mass is 181 g/mol. The van der Waals surface area contributed by atoms with Crippen molar-refractivity contribution < 1.29 is 9.84 Å². The number of anilines is 1. The van der Waals surface area contributed by atoms with E-state index in [4.69, 9.17) is 10.5 Å². The van der Waals surface area contributed by atoms with Crippen molar-refractivity contribution in [3.63, 3.8) is 0 Å². The highest BCUT2D eigenvalue weighted by Crippen LogP contribution is 2.24.